The van der Waals surface area contributed by atoms with Gasteiger partial charge < -0.3 is 0 Å². The van der Waals surface area contributed by atoms with E-state index >= 15 is 0 Å². The van der Waals surface area contributed by atoms with Crippen molar-refractivity contribution in [2.45, 2.75) is 28.7 Å². The van der Waals surface area contributed by atoms with Crippen LogP contribution in [0.15, 0.2) is 21.8 Å². The van der Waals surface area contributed by atoms with Crippen molar-refractivity contribution in [1.29, 1.82) is 0 Å². The predicted molar refractivity (Wildman–Crippen MR) is 62.9 cm³/mol. The Morgan fingerprint density at radius 3 is 2.36 bits per heavy atom. The molecule has 3 heteroatoms. The van der Waals surface area contributed by atoms with E-state index in [1.165, 1.54) is 6.08 Å². The van der Waals surface area contributed by atoms with Crippen molar-refractivity contribution in [1.82, 2.24) is 0 Å². The summed E-state index contributed by atoms with van der Waals surface area (Å²) in [6.45, 7) is 4.17. The Hall–Kier alpha value is -0.251. The van der Waals surface area contributed by atoms with E-state index in [1.54, 1.807) is 0 Å². The van der Waals surface area contributed by atoms with Crippen LogP contribution < -0.4 is 0 Å². The number of allylic oxidation sites excluding steroid dienone is 2. The maximum atomic E-state index is 11.1. The molecule has 0 saturated carbocycles. The zero-order chi connectivity index (χ0) is 11.2. The predicted octanol–water partition coefficient (Wildman–Crippen LogP) is 2.93. The summed E-state index contributed by atoms with van der Waals surface area (Å²) < 4.78 is 7.09. The molecule has 0 atom stereocenters. The van der Waals surface area contributed by atoms with Crippen LogP contribution in [0.3, 0.4) is 0 Å². The van der Waals surface area contributed by atoms with Gasteiger partial charge in [-0.25, -0.2) is 0 Å². The quantitative estimate of drug-likeness (QED) is 0.345. The van der Waals surface area contributed by atoms with Crippen LogP contribution in [0, 0.1) is 0 Å². The molecule has 2 nitrogen and oxygen atoms in total. The zero-order valence-electron chi connectivity index (χ0n) is 9.76. The van der Waals surface area contributed by atoms with Gasteiger partial charge in [0.1, 0.15) is 0 Å². The molecule has 0 rings (SSSR count). The van der Waals surface area contributed by atoms with Gasteiger partial charge in [-0.15, -0.1) is 0 Å². The van der Waals surface area contributed by atoms with Crippen molar-refractivity contribution in [3.05, 3.63) is 21.8 Å². The van der Waals surface area contributed by atoms with Crippen LogP contribution in [0.5, 0.6) is 0 Å². The number of hydrogen-bond acceptors (Lipinski definition) is 2. The third kappa shape index (κ3) is 8.35. The van der Waals surface area contributed by atoms with Gasteiger partial charge in [0, 0.05) is 0 Å². The maximum absolute atomic E-state index is 11.1. The molecular weight excluding hydrogens is 283 g/mol. The Kier molecular flexibility index (Phi) is 6.16. The summed E-state index contributed by atoms with van der Waals surface area (Å²) in [5, 5.41) is 0. The average Bonchev–Trinajstić information content (AvgIpc) is 2.00. The number of rotatable bonds is 4. The second-order valence-corrected chi connectivity index (χ2v) is 18.8. The van der Waals surface area contributed by atoms with Gasteiger partial charge >= 0.3 is 91.0 Å². The topological polar surface area (TPSA) is 26.3 Å². The first-order valence-electron chi connectivity index (χ1n) is 4.89. The Balaban J connectivity index is 4.27. The van der Waals surface area contributed by atoms with Gasteiger partial charge in [0.15, 0.2) is 0 Å². The second-order valence-electron chi connectivity index (χ2n) is 4.34. The van der Waals surface area contributed by atoms with E-state index in [4.69, 9.17) is 4.74 Å². The standard InChI is InChI=1S/C8H11O2.3CH3.Sn/c1-4-7(3)6-8(9)10-5-2;;;;/h1,4,6H,5H2,2-3H3;3*1H3;/b4-1?,7-6+;;;;. The molecule has 0 aliphatic carbocycles. The van der Waals surface area contributed by atoms with Crippen LogP contribution in [-0.4, -0.2) is 31.0 Å². The molecule has 80 valence electrons. The Labute approximate surface area is 90.9 Å². The van der Waals surface area contributed by atoms with E-state index < -0.39 is 18.4 Å². The zero-order valence-corrected chi connectivity index (χ0v) is 12.6. The number of ether oxygens (including phenoxy) is 1. The fraction of sp³-hybridized carbons (Fsp3) is 0.545. The van der Waals surface area contributed by atoms with Gasteiger partial charge in [-0.3, -0.25) is 0 Å². The number of carbonyl (C=O) groups excluding carboxylic acids is 1. The molecule has 0 fully saturated rings. The van der Waals surface area contributed by atoms with Gasteiger partial charge in [-0.2, -0.15) is 0 Å². The number of carbonyl (C=O) groups is 1. The van der Waals surface area contributed by atoms with Crippen molar-refractivity contribution >= 4 is 24.3 Å². The van der Waals surface area contributed by atoms with E-state index in [-0.39, 0.29) is 5.97 Å². The van der Waals surface area contributed by atoms with Gasteiger partial charge in [0.2, 0.25) is 0 Å². The Morgan fingerprint density at radius 1 is 1.36 bits per heavy atom. The molecule has 0 aromatic carbocycles. The number of esters is 1. The van der Waals surface area contributed by atoms with Gasteiger partial charge in [-0.1, -0.05) is 0 Å². The van der Waals surface area contributed by atoms with E-state index in [1.807, 2.05) is 19.9 Å². The van der Waals surface area contributed by atoms with E-state index in [9.17, 15) is 4.79 Å². The molecule has 0 aromatic rings. The molecule has 0 spiro atoms. The summed E-state index contributed by atoms with van der Waals surface area (Å²) >= 11 is -1.83. The van der Waals surface area contributed by atoms with E-state index in [0.717, 1.165) is 5.57 Å². The van der Waals surface area contributed by atoms with Crippen molar-refractivity contribution in [3.8, 4) is 0 Å². The van der Waals surface area contributed by atoms with Gasteiger partial charge in [0.05, 0.1) is 0 Å². The summed E-state index contributed by atoms with van der Waals surface area (Å²) in [6, 6.07) is 0. The normalized spacial score (nSPS) is 13.4. The van der Waals surface area contributed by atoms with Crippen molar-refractivity contribution in [2.75, 3.05) is 6.61 Å². The minimum absolute atomic E-state index is 0.251. The fourth-order valence-corrected chi connectivity index (χ4v) is 2.98. The van der Waals surface area contributed by atoms with Crippen LogP contribution >= 0.6 is 0 Å². The SMILES string of the molecule is CCOC(=O)/C=C(C)/C=[CH]\[Sn]([CH3])([CH3])[CH3]. The Morgan fingerprint density at radius 2 is 1.93 bits per heavy atom. The molecule has 14 heavy (non-hydrogen) atoms. The molecule has 0 bridgehead atoms. The molecule has 0 aromatic heterocycles. The summed E-state index contributed by atoms with van der Waals surface area (Å²) in [4.78, 5) is 18.0. The first-order chi connectivity index (χ1) is 6.35. The van der Waals surface area contributed by atoms with Crippen LogP contribution in [0.1, 0.15) is 13.8 Å². The molecule has 0 aliphatic rings. The molecular formula is C11H20O2Sn. The van der Waals surface area contributed by atoms with Gasteiger partial charge in [-0.05, 0) is 0 Å². The molecule has 0 aliphatic heterocycles. The summed E-state index contributed by atoms with van der Waals surface area (Å²) in [5.41, 5.74) is 0.968. The van der Waals surface area contributed by atoms with Crippen molar-refractivity contribution in [2.24, 2.45) is 0 Å². The number of hydrogen-bond donors (Lipinski definition) is 0. The van der Waals surface area contributed by atoms with E-state index in [2.05, 4.69) is 18.9 Å². The summed E-state index contributed by atoms with van der Waals surface area (Å²) in [6.07, 6.45) is 3.57. The van der Waals surface area contributed by atoms with Crippen molar-refractivity contribution in [3.63, 3.8) is 0 Å². The van der Waals surface area contributed by atoms with Crippen LogP contribution in [-0.2, 0) is 9.53 Å². The van der Waals surface area contributed by atoms with Crippen molar-refractivity contribution < 1.29 is 9.53 Å². The molecule has 0 unspecified atom stereocenters. The third-order valence-electron chi connectivity index (χ3n) is 1.48. The van der Waals surface area contributed by atoms with E-state index in [0.29, 0.717) is 6.61 Å². The van der Waals surface area contributed by atoms with Gasteiger partial charge in [0.25, 0.3) is 0 Å². The molecule has 0 amide bonds. The third-order valence-corrected chi connectivity index (χ3v) is 4.81. The Bertz CT molecular complexity index is 247. The van der Waals surface area contributed by atoms with Crippen LogP contribution in [0.25, 0.3) is 0 Å². The molecule has 0 saturated heterocycles. The summed E-state index contributed by atoms with van der Waals surface area (Å²) in [7, 11) is 0. The van der Waals surface area contributed by atoms with Crippen LogP contribution in [0.4, 0.5) is 0 Å². The average molecular weight is 303 g/mol. The minimum atomic E-state index is -1.83. The second kappa shape index (κ2) is 6.27. The molecule has 0 N–H and O–H groups in total. The summed E-state index contributed by atoms with van der Waals surface area (Å²) in [5.74, 6) is -0.251. The van der Waals surface area contributed by atoms with Crippen LogP contribution in [0.2, 0.25) is 14.8 Å². The molecule has 0 radical (unpaired) electrons. The molecule has 0 heterocycles. The fourth-order valence-electron chi connectivity index (χ4n) is 0.799. The first-order valence-corrected chi connectivity index (χ1v) is 15.1. The monoisotopic (exact) mass is 304 g/mol. The first kappa shape index (κ1) is 13.7.